The third kappa shape index (κ3) is 3.95. The summed E-state index contributed by atoms with van der Waals surface area (Å²) in [6.45, 7) is 2.25. The molecular formula is C19H17ClN4O2. The van der Waals surface area contributed by atoms with Gasteiger partial charge in [-0.2, -0.15) is 5.26 Å². The molecule has 1 aliphatic rings. The molecule has 0 bridgehead atoms. The van der Waals surface area contributed by atoms with E-state index in [1.165, 1.54) is 0 Å². The molecule has 26 heavy (non-hydrogen) atoms. The first-order valence-electron chi connectivity index (χ1n) is 8.10. The van der Waals surface area contributed by atoms with Crippen LogP contribution in [0.3, 0.4) is 0 Å². The molecule has 1 aliphatic heterocycles. The molecule has 0 saturated carbocycles. The number of anilines is 2. The highest BCUT2D eigenvalue weighted by molar-refractivity contribution is 6.31. The van der Waals surface area contributed by atoms with Crippen molar-refractivity contribution >= 4 is 34.9 Å². The zero-order valence-corrected chi connectivity index (χ0v) is 14.9. The van der Waals surface area contributed by atoms with Crippen LogP contribution in [0.1, 0.15) is 17.5 Å². The lowest BCUT2D eigenvalue weighted by atomic mass is 10.2. The number of halogens is 1. The van der Waals surface area contributed by atoms with Crippen molar-refractivity contribution in [1.82, 2.24) is 5.32 Å². The second kappa shape index (κ2) is 7.46. The summed E-state index contributed by atoms with van der Waals surface area (Å²) in [6.07, 6.45) is 0.224. The van der Waals surface area contributed by atoms with Crippen LogP contribution in [0.15, 0.2) is 42.5 Å². The third-order valence-corrected chi connectivity index (χ3v) is 4.45. The fraction of sp³-hybridized carbons (Fsp3) is 0.211. The summed E-state index contributed by atoms with van der Waals surface area (Å²) in [4.78, 5) is 26.1. The zero-order valence-electron chi connectivity index (χ0n) is 14.1. The number of hydrogen-bond donors (Lipinski definition) is 2. The van der Waals surface area contributed by atoms with Gasteiger partial charge in [-0.1, -0.05) is 17.7 Å². The number of carbonyl (C=O) groups is 2. The van der Waals surface area contributed by atoms with Crippen LogP contribution >= 0.6 is 11.6 Å². The summed E-state index contributed by atoms with van der Waals surface area (Å²) < 4.78 is 0. The van der Waals surface area contributed by atoms with E-state index in [9.17, 15) is 9.59 Å². The predicted molar refractivity (Wildman–Crippen MR) is 100 cm³/mol. The van der Waals surface area contributed by atoms with Crippen LogP contribution in [0.5, 0.6) is 0 Å². The van der Waals surface area contributed by atoms with Gasteiger partial charge in [0.25, 0.3) is 0 Å². The van der Waals surface area contributed by atoms with Gasteiger partial charge in [-0.05, 0) is 48.9 Å². The van der Waals surface area contributed by atoms with Gasteiger partial charge in [0.15, 0.2) is 0 Å². The molecule has 3 rings (SSSR count). The van der Waals surface area contributed by atoms with Gasteiger partial charge >= 0.3 is 6.03 Å². The van der Waals surface area contributed by atoms with Crippen LogP contribution in [0, 0.1) is 18.3 Å². The van der Waals surface area contributed by atoms with Gasteiger partial charge in [-0.3, -0.25) is 4.79 Å². The van der Waals surface area contributed by atoms with Crippen LogP contribution in [-0.2, 0) is 4.79 Å². The molecule has 1 fully saturated rings. The SMILES string of the molecule is Cc1ccc(Cl)cc1NC(=O)NC1CC(=O)N(c2ccc(C#N)cc2)C1. The summed E-state index contributed by atoms with van der Waals surface area (Å²) in [5.41, 5.74) is 2.77. The monoisotopic (exact) mass is 368 g/mol. The van der Waals surface area contributed by atoms with Crippen molar-refractivity contribution in [3.8, 4) is 6.07 Å². The Labute approximate surface area is 156 Å². The normalized spacial score (nSPS) is 16.3. The molecule has 6 nitrogen and oxygen atoms in total. The van der Waals surface area contributed by atoms with E-state index in [0.29, 0.717) is 28.5 Å². The second-order valence-electron chi connectivity index (χ2n) is 6.12. The van der Waals surface area contributed by atoms with Gasteiger partial charge in [-0.25, -0.2) is 4.79 Å². The third-order valence-electron chi connectivity index (χ3n) is 4.22. The van der Waals surface area contributed by atoms with Crippen molar-refractivity contribution < 1.29 is 9.59 Å². The molecule has 1 heterocycles. The minimum Gasteiger partial charge on any atom is -0.333 e. The summed E-state index contributed by atoms with van der Waals surface area (Å²) in [5, 5.41) is 15.0. The van der Waals surface area contributed by atoms with Crippen molar-refractivity contribution in [2.45, 2.75) is 19.4 Å². The number of aryl methyl sites for hydroxylation is 1. The van der Waals surface area contributed by atoms with Crippen molar-refractivity contribution in [3.63, 3.8) is 0 Å². The quantitative estimate of drug-likeness (QED) is 0.870. The van der Waals surface area contributed by atoms with E-state index in [0.717, 1.165) is 5.56 Å². The molecule has 0 spiro atoms. The van der Waals surface area contributed by atoms with E-state index in [1.807, 2.05) is 19.1 Å². The Morgan fingerprint density at radius 1 is 1.27 bits per heavy atom. The van der Waals surface area contributed by atoms with Gasteiger partial charge in [0.2, 0.25) is 5.91 Å². The number of nitrogens with one attached hydrogen (secondary N) is 2. The van der Waals surface area contributed by atoms with Crippen LogP contribution < -0.4 is 15.5 Å². The highest BCUT2D eigenvalue weighted by Gasteiger charge is 2.31. The van der Waals surface area contributed by atoms with E-state index in [4.69, 9.17) is 16.9 Å². The minimum absolute atomic E-state index is 0.0704. The Morgan fingerprint density at radius 2 is 2.00 bits per heavy atom. The smallest absolute Gasteiger partial charge is 0.319 e. The maximum absolute atomic E-state index is 12.2. The van der Waals surface area contributed by atoms with E-state index in [1.54, 1.807) is 41.3 Å². The number of carbonyl (C=O) groups excluding carboxylic acids is 2. The number of hydrogen-bond acceptors (Lipinski definition) is 3. The molecule has 1 unspecified atom stereocenters. The Hall–Kier alpha value is -3.04. The van der Waals surface area contributed by atoms with Crippen LogP contribution in [-0.4, -0.2) is 24.5 Å². The lowest BCUT2D eigenvalue weighted by molar-refractivity contribution is -0.117. The Balaban J connectivity index is 1.62. The van der Waals surface area contributed by atoms with E-state index >= 15 is 0 Å². The largest absolute Gasteiger partial charge is 0.333 e. The van der Waals surface area contributed by atoms with E-state index in [2.05, 4.69) is 10.6 Å². The molecule has 0 aromatic heterocycles. The summed E-state index contributed by atoms with van der Waals surface area (Å²) in [6, 6.07) is 13.4. The maximum Gasteiger partial charge on any atom is 0.319 e. The molecule has 3 amide bonds. The molecular weight excluding hydrogens is 352 g/mol. The topological polar surface area (TPSA) is 85.2 Å². The molecule has 0 aliphatic carbocycles. The second-order valence-corrected chi connectivity index (χ2v) is 6.56. The van der Waals surface area contributed by atoms with Crippen LogP contribution in [0.2, 0.25) is 5.02 Å². The number of benzene rings is 2. The fourth-order valence-electron chi connectivity index (χ4n) is 2.84. The van der Waals surface area contributed by atoms with Crippen molar-refractivity contribution in [1.29, 1.82) is 5.26 Å². The van der Waals surface area contributed by atoms with E-state index in [-0.39, 0.29) is 24.4 Å². The molecule has 132 valence electrons. The lowest BCUT2D eigenvalue weighted by Gasteiger charge is -2.18. The van der Waals surface area contributed by atoms with Gasteiger partial charge in [-0.15, -0.1) is 0 Å². The first kappa shape index (κ1) is 17.8. The number of amides is 3. The van der Waals surface area contributed by atoms with Crippen molar-refractivity contribution in [3.05, 3.63) is 58.6 Å². The average molecular weight is 369 g/mol. The highest BCUT2D eigenvalue weighted by Crippen LogP contribution is 2.23. The average Bonchev–Trinajstić information content (AvgIpc) is 2.98. The molecule has 7 heteroatoms. The molecule has 2 aromatic rings. The Bertz CT molecular complexity index is 889. The standard InChI is InChI=1S/C19H17ClN4O2/c1-12-2-5-14(20)8-17(12)23-19(26)22-15-9-18(25)24(11-15)16-6-3-13(10-21)4-7-16/h2-8,15H,9,11H2,1H3,(H2,22,23,26). The zero-order chi connectivity index (χ0) is 18.7. The van der Waals surface area contributed by atoms with Gasteiger partial charge in [0.05, 0.1) is 17.7 Å². The minimum atomic E-state index is -0.380. The molecule has 0 radical (unpaired) electrons. The number of nitrogens with zero attached hydrogens (tertiary/aromatic N) is 2. The van der Waals surface area contributed by atoms with Crippen LogP contribution in [0.25, 0.3) is 0 Å². The van der Waals surface area contributed by atoms with E-state index < -0.39 is 0 Å². The molecule has 1 saturated heterocycles. The van der Waals surface area contributed by atoms with Crippen molar-refractivity contribution in [2.24, 2.45) is 0 Å². The number of urea groups is 1. The first-order valence-corrected chi connectivity index (χ1v) is 8.48. The van der Waals surface area contributed by atoms with Gasteiger partial charge < -0.3 is 15.5 Å². The Morgan fingerprint density at radius 3 is 2.69 bits per heavy atom. The lowest BCUT2D eigenvalue weighted by Crippen LogP contribution is -2.39. The molecule has 1 atom stereocenters. The summed E-state index contributed by atoms with van der Waals surface area (Å²) in [5.74, 6) is -0.0704. The van der Waals surface area contributed by atoms with Crippen LogP contribution in [0.4, 0.5) is 16.2 Å². The van der Waals surface area contributed by atoms with Crippen molar-refractivity contribution in [2.75, 3.05) is 16.8 Å². The maximum atomic E-state index is 12.2. The Kier molecular flexibility index (Phi) is 5.10. The summed E-state index contributed by atoms with van der Waals surface area (Å²) >= 11 is 5.96. The first-order chi connectivity index (χ1) is 12.5. The highest BCUT2D eigenvalue weighted by atomic mass is 35.5. The predicted octanol–water partition coefficient (Wildman–Crippen LogP) is 3.45. The summed E-state index contributed by atoms with van der Waals surface area (Å²) in [7, 11) is 0. The number of nitriles is 1. The van der Waals surface area contributed by atoms with Gasteiger partial charge in [0.1, 0.15) is 0 Å². The molecule has 2 aromatic carbocycles. The van der Waals surface area contributed by atoms with Gasteiger partial charge in [0, 0.05) is 29.4 Å². The molecule has 2 N–H and O–H groups in total. The fourth-order valence-corrected chi connectivity index (χ4v) is 3.01. The number of rotatable bonds is 3.